The number of hydrogen-bond donors (Lipinski definition) is 1. The minimum absolute atomic E-state index is 0.0415. The molecule has 0 bridgehead atoms. The monoisotopic (exact) mass is 302 g/mol. The van der Waals surface area contributed by atoms with Crippen molar-refractivity contribution in [3.63, 3.8) is 0 Å². The zero-order valence-electron chi connectivity index (χ0n) is 12.1. The molecule has 0 spiro atoms. The lowest BCUT2D eigenvalue weighted by Gasteiger charge is -2.12. The highest BCUT2D eigenvalue weighted by atomic mass is 32.2. The standard InChI is InChI=1S/C15H18N4OS/c1-4-10-16-14(20)11(2)21-15-18-17-12(3)19(15)13-8-6-5-7-9-13/h4-9,11H,1,10H2,2-3H3,(H,16,20)/t11-/m0/s1. The van der Waals surface area contributed by atoms with Gasteiger partial charge in [0.2, 0.25) is 5.91 Å². The first-order valence-corrected chi connectivity index (χ1v) is 7.54. The molecule has 0 unspecified atom stereocenters. The third-order valence-corrected chi connectivity index (χ3v) is 3.92. The molecule has 5 nitrogen and oxygen atoms in total. The Kier molecular flexibility index (Phi) is 5.16. The summed E-state index contributed by atoms with van der Waals surface area (Å²) in [5, 5.41) is 11.5. The Morgan fingerprint density at radius 3 is 2.81 bits per heavy atom. The zero-order valence-corrected chi connectivity index (χ0v) is 12.9. The Balaban J connectivity index is 2.18. The highest BCUT2D eigenvalue weighted by molar-refractivity contribution is 8.00. The van der Waals surface area contributed by atoms with Crippen molar-refractivity contribution >= 4 is 17.7 Å². The van der Waals surface area contributed by atoms with E-state index in [2.05, 4.69) is 22.1 Å². The van der Waals surface area contributed by atoms with E-state index in [0.29, 0.717) is 11.7 Å². The highest BCUT2D eigenvalue weighted by Gasteiger charge is 2.19. The molecule has 2 rings (SSSR count). The largest absolute Gasteiger partial charge is 0.352 e. The summed E-state index contributed by atoms with van der Waals surface area (Å²) in [5.41, 5.74) is 0.987. The summed E-state index contributed by atoms with van der Waals surface area (Å²) in [5.74, 6) is 0.752. The fourth-order valence-corrected chi connectivity index (χ4v) is 2.76. The van der Waals surface area contributed by atoms with E-state index in [4.69, 9.17) is 0 Å². The number of thioether (sulfide) groups is 1. The second-order valence-corrected chi connectivity index (χ2v) is 5.80. The Morgan fingerprint density at radius 2 is 2.14 bits per heavy atom. The van der Waals surface area contributed by atoms with Gasteiger partial charge in [0.25, 0.3) is 0 Å². The molecule has 1 heterocycles. The predicted molar refractivity (Wildman–Crippen MR) is 84.6 cm³/mol. The predicted octanol–water partition coefficient (Wildman–Crippen LogP) is 2.36. The maximum Gasteiger partial charge on any atom is 0.233 e. The average Bonchev–Trinajstić information content (AvgIpc) is 2.86. The van der Waals surface area contributed by atoms with Gasteiger partial charge in [-0.15, -0.1) is 16.8 Å². The van der Waals surface area contributed by atoms with Crippen LogP contribution in [0.15, 0.2) is 48.1 Å². The van der Waals surface area contributed by atoms with Gasteiger partial charge in [0, 0.05) is 12.2 Å². The lowest BCUT2D eigenvalue weighted by molar-refractivity contribution is -0.120. The number of para-hydroxylation sites is 1. The van der Waals surface area contributed by atoms with Gasteiger partial charge >= 0.3 is 0 Å². The third kappa shape index (κ3) is 3.72. The van der Waals surface area contributed by atoms with Crippen molar-refractivity contribution in [2.45, 2.75) is 24.3 Å². The SMILES string of the molecule is C=CCNC(=O)[C@H](C)Sc1nnc(C)n1-c1ccccc1. The molecule has 21 heavy (non-hydrogen) atoms. The van der Waals surface area contributed by atoms with Gasteiger partial charge in [-0.05, 0) is 26.0 Å². The van der Waals surface area contributed by atoms with E-state index >= 15 is 0 Å². The average molecular weight is 302 g/mol. The molecule has 1 atom stereocenters. The van der Waals surface area contributed by atoms with Crippen molar-refractivity contribution in [1.29, 1.82) is 0 Å². The zero-order chi connectivity index (χ0) is 15.2. The van der Waals surface area contributed by atoms with Crippen molar-refractivity contribution in [2.24, 2.45) is 0 Å². The van der Waals surface area contributed by atoms with Gasteiger partial charge in [-0.2, -0.15) is 0 Å². The minimum Gasteiger partial charge on any atom is -0.352 e. The van der Waals surface area contributed by atoms with E-state index in [1.54, 1.807) is 6.08 Å². The van der Waals surface area contributed by atoms with Gasteiger partial charge in [-0.1, -0.05) is 36.0 Å². The van der Waals surface area contributed by atoms with Crippen molar-refractivity contribution in [2.75, 3.05) is 6.54 Å². The topological polar surface area (TPSA) is 59.8 Å². The van der Waals surface area contributed by atoms with Crippen LogP contribution in [0.1, 0.15) is 12.7 Å². The number of nitrogens with one attached hydrogen (secondary N) is 1. The number of carbonyl (C=O) groups excluding carboxylic acids is 1. The van der Waals surface area contributed by atoms with Crippen LogP contribution in [0.5, 0.6) is 0 Å². The maximum atomic E-state index is 11.9. The fourth-order valence-electron chi connectivity index (χ4n) is 1.82. The summed E-state index contributed by atoms with van der Waals surface area (Å²) in [6, 6.07) is 9.86. The Bertz CT molecular complexity index is 624. The second-order valence-electron chi connectivity index (χ2n) is 4.49. The van der Waals surface area contributed by atoms with Crippen LogP contribution < -0.4 is 5.32 Å². The number of benzene rings is 1. The molecule has 0 fully saturated rings. The first-order valence-electron chi connectivity index (χ1n) is 6.66. The molecule has 0 aliphatic carbocycles. The van der Waals surface area contributed by atoms with Gasteiger partial charge in [0.05, 0.1) is 5.25 Å². The van der Waals surface area contributed by atoms with E-state index in [-0.39, 0.29) is 11.2 Å². The third-order valence-electron chi connectivity index (χ3n) is 2.88. The minimum atomic E-state index is -0.254. The van der Waals surface area contributed by atoms with Crippen molar-refractivity contribution in [3.8, 4) is 5.69 Å². The summed E-state index contributed by atoms with van der Waals surface area (Å²) < 4.78 is 1.95. The smallest absolute Gasteiger partial charge is 0.233 e. The molecule has 1 amide bonds. The number of aryl methyl sites for hydroxylation is 1. The van der Waals surface area contributed by atoms with Gasteiger partial charge in [0.1, 0.15) is 5.82 Å². The summed E-state index contributed by atoms with van der Waals surface area (Å²) >= 11 is 1.39. The van der Waals surface area contributed by atoms with E-state index in [1.165, 1.54) is 11.8 Å². The van der Waals surface area contributed by atoms with Crippen LogP contribution in [0, 0.1) is 6.92 Å². The highest BCUT2D eigenvalue weighted by Crippen LogP contribution is 2.25. The van der Waals surface area contributed by atoms with Crippen LogP contribution in [0.2, 0.25) is 0 Å². The fraction of sp³-hybridized carbons (Fsp3) is 0.267. The number of amides is 1. The van der Waals surface area contributed by atoms with Crippen molar-refractivity contribution in [1.82, 2.24) is 20.1 Å². The van der Waals surface area contributed by atoms with Crippen LogP contribution in [0.3, 0.4) is 0 Å². The molecule has 1 N–H and O–H groups in total. The van der Waals surface area contributed by atoms with Crippen LogP contribution in [0.4, 0.5) is 0 Å². The second kappa shape index (κ2) is 7.08. The summed E-state index contributed by atoms with van der Waals surface area (Å²) in [6.07, 6.45) is 1.66. The molecular formula is C15H18N4OS. The van der Waals surface area contributed by atoms with Crippen LogP contribution in [-0.2, 0) is 4.79 Å². The van der Waals surface area contributed by atoms with Crippen molar-refractivity contribution in [3.05, 3.63) is 48.8 Å². The van der Waals surface area contributed by atoms with Crippen LogP contribution in [0.25, 0.3) is 5.69 Å². The van der Waals surface area contributed by atoms with Gasteiger partial charge < -0.3 is 5.32 Å². The van der Waals surface area contributed by atoms with Crippen LogP contribution in [-0.4, -0.2) is 32.5 Å². The summed E-state index contributed by atoms with van der Waals surface area (Å²) in [7, 11) is 0. The lowest BCUT2D eigenvalue weighted by atomic mass is 10.3. The molecule has 0 aliphatic heterocycles. The van der Waals surface area contributed by atoms with E-state index in [9.17, 15) is 4.79 Å². The van der Waals surface area contributed by atoms with Gasteiger partial charge in [-0.3, -0.25) is 9.36 Å². The first kappa shape index (κ1) is 15.3. The first-order chi connectivity index (χ1) is 10.1. The molecule has 110 valence electrons. The Morgan fingerprint density at radius 1 is 1.43 bits per heavy atom. The van der Waals surface area contributed by atoms with Gasteiger partial charge in [0.15, 0.2) is 5.16 Å². The van der Waals surface area contributed by atoms with Crippen LogP contribution >= 0.6 is 11.8 Å². The molecular weight excluding hydrogens is 284 g/mol. The number of nitrogens with zero attached hydrogens (tertiary/aromatic N) is 3. The molecule has 0 aliphatic rings. The molecule has 1 aromatic carbocycles. The quantitative estimate of drug-likeness (QED) is 0.657. The molecule has 0 saturated heterocycles. The summed E-state index contributed by atoms with van der Waals surface area (Å²) in [6.45, 7) is 7.80. The van der Waals surface area contributed by atoms with E-state index < -0.39 is 0 Å². The molecule has 0 saturated carbocycles. The molecule has 6 heteroatoms. The molecule has 1 aromatic heterocycles. The number of hydrogen-bond acceptors (Lipinski definition) is 4. The lowest BCUT2D eigenvalue weighted by Crippen LogP contribution is -2.31. The van der Waals surface area contributed by atoms with Gasteiger partial charge in [-0.25, -0.2) is 0 Å². The number of carbonyl (C=O) groups is 1. The van der Waals surface area contributed by atoms with E-state index in [1.807, 2.05) is 48.7 Å². The van der Waals surface area contributed by atoms with E-state index in [0.717, 1.165) is 11.5 Å². The number of rotatable bonds is 6. The number of aromatic nitrogens is 3. The summed E-state index contributed by atoms with van der Waals surface area (Å²) in [4.78, 5) is 11.9. The molecule has 2 aromatic rings. The maximum absolute atomic E-state index is 11.9. The van der Waals surface area contributed by atoms with Crippen molar-refractivity contribution < 1.29 is 4.79 Å². The Hall–Kier alpha value is -2.08. The normalized spacial score (nSPS) is 11.9. The Labute approximate surface area is 128 Å². The molecule has 0 radical (unpaired) electrons.